The summed E-state index contributed by atoms with van der Waals surface area (Å²) in [6.45, 7) is 3.26. The lowest BCUT2D eigenvalue weighted by atomic mass is 10.2. The maximum atomic E-state index is 13.6. The third-order valence-corrected chi connectivity index (χ3v) is 3.90. The Bertz CT molecular complexity index is 657. The average Bonchev–Trinajstić information content (AvgIpc) is 2.71. The maximum Gasteiger partial charge on any atom is 0.347 e. The van der Waals surface area contributed by atoms with Crippen molar-refractivity contribution in [2.24, 2.45) is 0 Å². The number of aromatic nitrogens is 1. The van der Waals surface area contributed by atoms with Gasteiger partial charge >= 0.3 is 5.97 Å². The minimum Gasteiger partial charge on any atom is -0.477 e. The molecule has 0 aliphatic heterocycles. The van der Waals surface area contributed by atoms with Crippen LogP contribution >= 0.6 is 22.9 Å². The summed E-state index contributed by atoms with van der Waals surface area (Å²) in [5, 5.41) is 9.10. The lowest BCUT2D eigenvalue weighted by Gasteiger charge is -2.07. The summed E-state index contributed by atoms with van der Waals surface area (Å²) in [7, 11) is 0. The topological polar surface area (TPSA) is 59.4 Å². The molecule has 0 spiro atoms. The van der Waals surface area contributed by atoms with Crippen molar-refractivity contribution in [2.45, 2.75) is 13.8 Å². The van der Waals surface area contributed by atoms with Crippen LogP contribution in [-0.4, -0.2) is 16.1 Å². The number of thiazole rings is 1. The first-order chi connectivity index (χ1) is 8.90. The van der Waals surface area contributed by atoms with Crippen molar-refractivity contribution in [3.63, 3.8) is 0 Å². The number of hydrogen-bond donors (Lipinski definition) is 1. The molecule has 0 unspecified atom stereocenters. The molecule has 0 radical (unpaired) electrons. The quantitative estimate of drug-likeness (QED) is 0.929. The van der Waals surface area contributed by atoms with E-state index in [2.05, 4.69) is 4.98 Å². The molecular weight excluding hydrogens is 293 g/mol. The van der Waals surface area contributed by atoms with Gasteiger partial charge in [0.05, 0.1) is 10.7 Å². The molecule has 0 atom stereocenters. The smallest absolute Gasteiger partial charge is 0.347 e. The van der Waals surface area contributed by atoms with Crippen molar-refractivity contribution >= 4 is 28.9 Å². The lowest BCUT2D eigenvalue weighted by Crippen LogP contribution is -1.94. The fourth-order valence-electron chi connectivity index (χ4n) is 1.43. The van der Waals surface area contributed by atoms with Gasteiger partial charge in [-0.05, 0) is 25.5 Å². The number of carboxylic acids is 1. The number of carboxylic acid groups (broad SMARTS) is 1. The van der Waals surface area contributed by atoms with Crippen LogP contribution in [0.25, 0.3) is 0 Å². The third-order valence-electron chi connectivity index (χ3n) is 2.40. The maximum absolute atomic E-state index is 13.6. The van der Waals surface area contributed by atoms with Crippen LogP contribution in [0.3, 0.4) is 0 Å². The Balaban J connectivity index is 2.39. The summed E-state index contributed by atoms with van der Waals surface area (Å²) >= 11 is 6.78. The third kappa shape index (κ3) is 2.69. The van der Waals surface area contributed by atoms with Gasteiger partial charge in [0, 0.05) is 0 Å². The van der Waals surface area contributed by atoms with Crippen LogP contribution in [0.5, 0.6) is 10.9 Å². The van der Waals surface area contributed by atoms with E-state index in [1.807, 2.05) is 0 Å². The zero-order valence-electron chi connectivity index (χ0n) is 10.0. The molecule has 1 aromatic heterocycles. The van der Waals surface area contributed by atoms with Crippen LogP contribution in [0.2, 0.25) is 5.02 Å². The van der Waals surface area contributed by atoms with Gasteiger partial charge in [0.25, 0.3) is 5.19 Å². The summed E-state index contributed by atoms with van der Waals surface area (Å²) in [4.78, 5) is 14.9. The molecule has 19 heavy (non-hydrogen) atoms. The van der Waals surface area contributed by atoms with E-state index in [1.165, 1.54) is 12.1 Å². The minimum atomic E-state index is -1.10. The van der Waals surface area contributed by atoms with Gasteiger partial charge in [0.2, 0.25) is 0 Å². The molecule has 4 nitrogen and oxygen atoms in total. The lowest BCUT2D eigenvalue weighted by molar-refractivity contribution is 0.0701. The molecule has 0 saturated heterocycles. The number of halogens is 2. The van der Waals surface area contributed by atoms with Crippen LogP contribution in [0.1, 0.15) is 20.9 Å². The first kappa shape index (κ1) is 13.8. The molecule has 0 saturated carbocycles. The summed E-state index contributed by atoms with van der Waals surface area (Å²) in [5.41, 5.74) is 0.974. The van der Waals surface area contributed by atoms with Gasteiger partial charge in [-0.25, -0.2) is 14.2 Å². The van der Waals surface area contributed by atoms with Crippen molar-refractivity contribution in [1.29, 1.82) is 0 Å². The fraction of sp³-hybridized carbons (Fsp3) is 0.167. The molecule has 1 heterocycles. The molecule has 0 amide bonds. The summed E-state index contributed by atoms with van der Waals surface area (Å²) < 4.78 is 18.9. The predicted octanol–water partition coefficient (Wildman–Crippen LogP) is 4.04. The Labute approximate surface area is 117 Å². The van der Waals surface area contributed by atoms with E-state index >= 15 is 0 Å². The molecule has 1 N–H and O–H groups in total. The number of hydrogen-bond acceptors (Lipinski definition) is 4. The Kier molecular flexibility index (Phi) is 3.73. The molecule has 0 aliphatic rings. The standard InChI is InChI=1S/C12H9ClFNO3S/c1-5-3-4-7(14)9(8(5)13)18-12-15-6(2)10(19-12)11(16)17/h3-4H,1-2H3,(H,16,17). The van der Waals surface area contributed by atoms with Crippen LogP contribution in [0, 0.1) is 19.7 Å². The summed E-state index contributed by atoms with van der Waals surface area (Å²) in [5.74, 6) is -1.87. The Morgan fingerprint density at radius 1 is 1.47 bits per heavy atom. The summed E-state index contributed by atoms with van der Waals surface area (Å²) in [6.07, 6.45) is 0. The van der Waals surface area contributed by atoms with Crippen LogP contribution in [0.4, 0.5) is 4.39 Å². The molecular formula is C12H9ClFNO3S. The van der Waals surface area contributed by atoms with E-state index in [0.717, 1.165) is 11.3 Å². The molecule has 0 fully saturated rings. The van der Waals surface area contributed by atoms with E-state index in [4.69, 9.17) is 21.4 Å². The second kappa shape index (κ2) is 5.14. The van der Waals surface area contributed by atoms with E-state index in [1.54, 1.807) is 13.8 Å². The second-order valence-corrected chi connectivity index (χ2v) is 5.15. The Hall–Kier alpha value is -1.66. The molecule has 1 aromatic carbocycles. The predicted molar refractivity (Wildman–Crippen MR) is 70.0 cm³/mol. The fourth-order valence-corrected chi connectivity index (χ4v) is 2.38. The number of benzene rings is 1. The highest BCUT2D eigenvalue weighted by Gasteiger charge is 2.18. The van der Waals surface area contributed by atoms with Gasteiger partial charge in [-0.1, -0.05) is 29.0 Å². The van der Waals surface area contributed by atoms with Gasteiger partial charge < -0.3 is 9.84 Å². The molecule has 2 rings (SSSR count). The SMILES string of the molecule is Cc1ccc(F)c(Oc2nc(C)c(C(=O)O)s2)c1Cl. The normalized spacial score (nSPS) is 10.5. The average molecular weight is 302 g/mol. The second-order valence-electron chi connectivity index (χ2n) is 3.81. The number of nitrogens with zero attached hydrogens (tertiary/aromatic N) is 1. The van der Waals surface area contributed by atoms with Crippen molar-refractivity contribution in [1.82, 2.24) is 4.98 Å². The van der Waals surface area contributed by atoms with Gasteiger partial charge in [-0.15, -0.1) is 0 Å². The van der Waals surface area contributed by atoms with E-state index < -0.39 is 11.8 Å². The van der Waals surface area contributed by atoms with Gasteiger partial charge in [0.15, 0.2) is 11.6 Å². The van der Waals surface area contributed by atoms with E-state index in [9.17, 15) is 9.18 Å². The number of carbonyl (C=O) groups is 1. The zero-order chi connectivity index (χ0) is 14.2. The van der Waals surface area contributed by atoms with Crippen LogP contribution < -0.4 is 4.74 Å². The van der Waals surface area contributed by atoms with Crippen molar-refractivity contribution < 1.29 is 19.0 Å². The Morgan fingerprint density at radius 3 is 2.74 bits per heavy atom. The van der Waals surface area contributed by atoms with Gasteiger partial charge in [-0.2, -0.15) is 0 Å². The largest absolute Gasteiger partial charge is 0.477 e. The highest BCUT2D eigenvalue weighted by atomic mass is 35.5. The van der Waals surface area contributed by atoms with E-state index in [-0.39, 0.29) is 20.8 Å². The van der Waals surface area contributed by atoms with Gasteiger partial charge in [-0.3, -0.25) is 0 Å². The van der Waals surface area contributed by atoms with Crippen molar-refractivity contribution in [3.05, 3.63) is 39.1 Å². The van der Waals surface area contributed by atoms with E-state index in [0.29, 0.717) is 11.3 Å². The van der Waals surface area contributed by atoms with Crippen molar-refractivity contribution in [3.8, 4) is 10.9 Å². The zero-order valence-corrected chi connectivity index (χ0v) is 11.6. The highest BCUT2D eigenvalue weighted by Crippen LogP contribution is 2.36. The van der Waals surface area contributed by atoms with Crippen LogP contribution in [-0.2, 0) is 0 Å². The van der Waals surface area contributed by atoms with Crippen LogP contribution in [0.15, 0.2) is 12.1 Å². The summed E-state index contributed by atoms with van der Waals surface area (Å²) in [6, 6.07) is 2.76. The highest BCUT2D eigenvalue weighted by molar-refractivity contribution is 7.15. The molecule has 0 aliphatic carbocycles. The first-order valence-electron chi connectivity index (χ1n) is 5.23. The minimum absolute atomic E-state index is 0.0429. The number of rotatable bonds is 3. The Morgan fingerprint density at radius 2 is 2.16 bits per heavy atom. The number of aryl methyl sites for hydroxylation is 2. The molecule has 100 valence electrons. The number of ether oxygens (including phenoxy) is 1. The first-order valence-corrected chi connectivity index (χ1v) is 6.42. The number of aromatic carboxylic acids is 1. The van der Waals surface area contributed by atoms with Crippen molar-refractivity contribution in [2.75, 3.05) is 0 Å². The van der Waals surface area contributed by atoms with Gasteiger partial charge in [0.1, 0.15) is 4.88 Å². The molecule has 7 heteroatoms. The molecule has 2 aromatic rings. The monoisotopic (exact) mass is 301 g/mol. The molecule has 0 bridgehead atoms.